The molecule has 2 aromatic carbocycles. The van der Waals surface area contributed by atoms with Crippen molar-refractivity contribution in [3.8, 4) is 11.5 Å². The summed E-state index contributed by atoms with van der Waals surface area (Å²) in [5.41, 5.74) is 6.29. The molecule has 24 heavy (non-hydrogen) atoms. The van der Waals surface area contributed by atoms with E-state index in [1.165, 1.54) is 11.1 Å². The number of rotatable bonds is 2. The zero-order valence-corrected chi connectivity index (χ0v) is 15.8. The maximum atomic E-state index is 10.5. The molecular weight excluding hydrogens is 296 g/mol. The molecule has 0 aliphatic carbocycles. The van der Waals surface area contributed by atoms with Gasteiger partial charge in [-0.3, -0.25) is 0 Å². The third kappa shape index (κ3) is 2.40. The molecule has 0 spiro atoms. The number of benzene rings is 2. The first-order valence-corrected chi connectivity index (χ1v) is 8.76. The third-order valence-electron chi connectivity index (χ3n) is 5.55. The second kappa shape index (κ2) is 5.54. The molecule has 1 aliphatic rings. The van der Waals surface area contributed by atoms with Gasteiger partial charge in [0, 0.05) is 5.56 Å². The van der Waals surface area contributed by atoms with Gasteiger partial charge in [-0.1, -0.05) is 38.1 Å². The van der Waals surface area contributed by atoms with Crippen LogP contribution >= 0.6 is 0 Å². The van der Waals surface area contributed by atoms with Gasteiger partial charge >= 0.3 is 0 Å². The van der Waals surface area contributed by atoms with Crippen molar-refractivity contribution in [3.05, 3.63) is 57.6 Å². The van der Waals surface area contributed by atoms with E-state index in [9.17, 15) is 5.11 Å². The fourth-order valence-corrected chi connectivity index (χ4v) is 3.92. The number of ether oxygens (including phenoxy) is 1. The highest BCUT2D eigenvalue weighted by atomic mass is 16.5. The standard InChI is InChI=1S/C22H28O2/c1-12(2)16-8-10-17(11-9-16)19-18-15(5)20(23)13(3)14(4)21(18)24-22(19,6)7/h8-12,19,23H,1-7H3. The van der Waals surface area contributed by atoms with Crippen LogP contribution in [0.5, 0.6) is 11.5 Å². The third-order valence-corrected chi connectivity index (χ3v) is 5.55. The number of aromatic hydroxyl groups is 1. The molecule has 2 nitrogen and oxygen atoms in total. The van der Waals surface area contributed by atoms with Crippen molar-refractivity contribution in [2.24, 2.45) is 0 Å². The summed E-state index contributed by atoms with van der Waals surface area (Å²) < 4.78 is 6.38. The van der Waals surface area contributed by atoms with Crippen LogP contribution in [-0.4, -0.2) is 10.7 Å². The van der Waals surface area contributed by atoms with E-state index in [0.29, 0.717) is 11.7 Å². The van der Waals surface area contributed by atoms with Crippen LogP contribution in [0.2, 0.25) is 0 Å². The Balaban J connectivity index is 2.20. The van der Waals surface area contributed by atoms with E-state index in [-0.39, 0.29) is 11.5 Å². The van der Waals surface area contributed by atoms with Crippen molar-refractivity contribution in [2.45, 2.75) is 65.9 Å². The Morgan fingerprint density at radius 2 is 1.54 bits per heavy atom. The van der Waals surface area contributed by atoms with Crippen LogP contribution in [0.1, 0.15) is 72.9 Å². The summed E-state index contributed by atoms with van der Waals surface area (Å²) >= 11 is 0. The Hall–Kier alpha value is -1.96. The normalized spacial score (nSPS) is 18.6. The van der Waals surface area contributed by atoms with Crippen molar-refractivity contribution in [3.63, 3.8) is 0 Å². The summed E-state index contributed by atoms with van der Waals surface area (Å²) in [6.45, 7) is 14.7. The molecule has 0 saturated heterocycles. The van der Waals surface area contributed by atoms with E-state index in [1.807, 2.05) is 20.8 Å². The zero-order valence-electron chi connectivity index (χ0n) is 15.8. The van der Waals surface area contributed by atoms with Crippen LogP contribution in [0.25, 0.3) is 0 Å². The van der Waals surface area contributed by atoms with Crippen LogP contribution < -0.4 is 4.74 Å². The Bertz CT molecular complexity index is 783. The van der Waals surface area contributed by atoms with Gasteiger partial charge in [-0.2, -0.15) is 0 Å². The molecule has 0 radical (unpaired) electrons. The first kappa shape index (κ1) is 16.9. The molecule has 3 rings (SSSR count). The Morgan fingerprint density at radius 1 is 0.958 bits per heavy atom. The fraction of sp³-hybridized carbons (Fsp3) is 0.455. The van der Waals surface area contributed by atoms with Gasteiger partial charge in [-0.05, 0) is 68.4 Å². The number of hydrogen-bond acceptors (Lipinski definition) is 2. The summed E-state index contributed by atoms with van der Waals surface area (Å²) in [7, 11) is 0. The highest BCUT2D eigenvalue weighted by molar-refractivity contribution is 5.63. The van der Waals surface area contributed by atoms with Gasteiger partial charge in [0.1, 0.15) is 17.1 Å². The topological polar surface area (TPSA) is 29.5 Å². The number of phenols is 1. The Morgan fingerprint density at radius 3 is 2.08 bits per heavy atom. The lowest BCUT2D eigenvalue weighted by molar-refractivity contribution is 0.121. The smallest absolute Gasteiger partial charge is 0.127 e. The molecule has 1 heterocycles. The van der Waals surface area contributed by atoms with Crippen LogP contribution in [-0.2, 0) is 0 Å². The SMILES string of the molecule is Cc1c(C)c2c(c(C)c1O)C(c1ccc(C(C)C)cc1)C(C)(C)O2. The molecular formula is C22H28O2. The summed E-state index contributed by atoms with van der Waals surface area (Å²) in [6, 6.07) is 8.85. The molecule has 2 aromatic rings. The quantitative estimate of drug-likeness (QED) is 0.763. The molecule has 128 valence electrons. The van der Waals surface area contributed by atoms with E-state index in [0.717, 1.165) is 28.0 Å². The van der Waals surface area contributed by atoms with Gasteiger partial charge < -0.3 is 9.84 Å². The van der Waals surface area contributed by atoms with Gasteiger partial charge in [0.2, 0.25) is 0 Å². The Labute approximate surface area is 145 Å². The van der Waals surface area contributed by atoms with Gasteiger partial charge in [-0.25, -0.2) is 0 Å². The van der Waals surface area contributed by atoms with Gasteiger partial charge in [0.25, 0.3) is 0 Å². The number of fused-ring (bicyclic) bond motifs is 1. The summed E-state index contributed by atoms with van der Waals surface area (Å²) in [4.78, 5) is 0. The van der Waals surface area contributed by atoms with Gasteiger partial charge in [-0.15, -0.1) is 0 Å². The van der Waals surface area contributed by atoms with Crippen LogP contribution in [0.4, 0.5) is 0 Å². The van der Waals surface area contributed by atoms with E-state index in [2.05, 4.69) is 52.0 Å². The minimum Gasteiger partial charge on any atom is -0.507 e. The van der Waals surface area contributed by atoms with Crippen molar-refractivity contribution >= 4 is 0 Å². The maximum absolute atomic E-state index is 10.5. The first-order chi connectivity index (χ1) is 11.1. The van der Waals surface area contributed by atoms with E-state index in [1.54, 1.807) is 0 Å². The van der Waals surface area contributed by atoms with E-state index in [4.69, 9.17) is 4.74 Å². The second-order valence-electron chi connectivity index (χ2n) is 7.93. The fourth-order valence-electron chi connectivity index (χ4n) is 3.92. The largest absolute Gasteiger partial charge is 0.507 e. The molecule has 1 atom stereocenters. The van der Waals surface area contributed by atoms with Crippen molar-refractivity contribution < 1.29 is 9.84 Å². The summed E-state index contributed by atoms with van der Waals surface area (Å²) in [5.74, 6) is 2.00. The van der Waals surface area contributed by atoms with E-state index >= 15 is 0 Å². The summed E-state index contributed by atoms with van der Waals surface area (Å²) in [5, 5.41) is 10.5. The van der Waals surface area contributed by atoms with Gasteiger partial charge in [0.15, 0.2) is 0 Å². The van der Waals surface area contributed by atoms with Crippen LogP contribution in [0, 0.1) is 20.8 Å². The molecule has 0 fully saturated rings. The predicted octanol–water partition coefficient (Wildman–Crippen LogP) is 5.74. The molecule has 0 aromatic heterocycles. The lowest BCUT2D eigenvalue weighted by Gasteiger charge is -2.27. The molecule has 1 aliphatic heterocycles. The minimum atomic E-state index is -0.336. The highest BCUT2D eigenvalue weighted by Gasteiger charge is 2.44. The zero-order chi connectivity index (χ0) is 17.8. The van der Waals surface area contributed by atoms with Crippen LogP contribution in [0.3, 0.4) is 0 Å². The van der Waals surface area contributed by atoms with Crippen LogP contribution in [0.15, 0.2) is 24.3 Å². The molecule has 1 N–H and O–H groups in total. The molecule has 0 amide bonds. The average molecular weight is 324 g/mol. The monoisotopic (exact) mass is 324 g/mol. The number of hydrogen-bond donors (Lipinski definition) is 1. The lowest BCUT2D eigenvalue weighted by Crippen LogP contribution is -2.31. The molecule has 2 heteroatoms. The minimum absolute atomic E-state index is 0.124. The summed E-state index contributed by atoms with van der Waals surface area (Å²) in [6.07, 6.45) is 0. The second-order valence-corrected chi connectivity index (χ2v) is 7.93. The first-order valence-electron chi connectivity index (χ1n) is 8.76. The van der Waals surface area contributed by atoms with Gasteiger partial charge in [0.05, 0.1) is 5.92 Å². The Kier molecular flexibility index (Phi) is 3.90. The lowest BCUT2D eigenvalue weighted by atomic mass is 9.78. The average Bonchev–Trinajstić information content (AvgIpc) is 2.82. The number of phenolic OH excluding ortho intramolecular Hbond substituents is 1. The van der Waals surface area contributed by atoms with Crippen molar-refractivity contribution in [1.82, 2.24) is 0 Å². The molecule has 0 bridgehead atoms. The molecule has 0 saturated carbocycles. The van der Waals surface area contributed by atoms with Crippen molar-refractivity contribution in [2.75, 3.05) is 0 Å². The van der Waals surface area contributed by atoms with E-state index < -0.39 is 0 Å². The molecule has 1 unspecified atom stereocenters. The predicted molar refractivity (Wildman–Crippen MR) is 99.4 cm³/mol. The maximum Gasteiger partial charge on any atom is 0.127 e. The van der Waals surface area contributed by atoms with Crippen molar-refractivity contribution in [1.29, 1.82) is 0 Å². The highest BCUT2D eigenvalue weighted by Crippen LogP contribution is 2.53.